The van der Waals surface area contributed by atoms with Gasteiger partial charge in [-0.1, -0.05) is 0 Å². The number of nitrogens with zero attached hydrogens (tertiary/aromatic N) is 1. The quantitative estimate of drug-likeness (QED) is 0.620. The largest absolute Gasteiger partial charge is 0.469 e. The molecule has 0 N–H and O–H groups in total. The molecule has 3 nitrogen and oxygen atoms in total. The molecule has 0 aromatic carbocycles. The Morgan fingerprint density at radius 3 is 2.47 bits per heavy atom. The van der Waals surface area contributed by atoms with Gasteiger partial charge in [0.25, 0.3) is 6.43 Å². The molecule has 0 aliphatic carbocycles. The number of aromatic nitrogens is 1. The second-order valence-corrected chi connectivity index (χ2v) is 4.25. The highest BCUT2D eigenvalue weighted by Crippen LogP contribution is 2.40. The first-order valence-corrected chi connectivity index (χ1v) is 5.57. The summed E-state index contributed by atoms with van der Waals surface area (Å²) in [5.41, 5.74) is -3.31. The van der Waals surface area contributed by atoms with Crippen molar-refractivity contribution in [3.05, 3.63) is 27.5 Å². The van der Waals surface area contributed by atoms with Crippen LogP contribution in [0, 0.1) is 0 Å². The van der Waals surface area contributed by atoms with Gasteiger partial charge in [-0.2, -0.15) is 13.2 Å². The molecule has 1 heterocycles. The van der Waals surface area contributed by atoms with Crippen LogP contribution in [0.2, 0.25) is 0 Å². The Morgan fingerprint density at radius 2 is 2.05 bits per heavy atom. The number of hydrogen-bond acceptors (Lipinski definition) is 3. The molecule has 0 amide bonds. The van der Waals surface area contributed by atoms with Crippen LogP contribution in [-0.2, 0) is 22.1 Å². The van der Waals surface area contributed by atoms with Crippen LogP contribution in [0.5, 0.6) is 0 Å². The fourth-order valence-corrected chi connectivity index (χ4v) is 2.00. The van der Waals surface area contributed by atoms with Gasteiger partial charge in [-0.15, -0.1) is 0 Å². The highest BCUT2D eigenvalue weighted by molar-refractivity contribution is 9.10. The fourth-order valence-electron chi connectivity index (χ4n) is 1.43. The van der Waals surface area contributed by atoms with E-state index < -0.39 is 46.3 Å². The van der Waals surface area contributed by atoms with Gasteiger partial charge in [0.1, 0.15) is 5.69 Å². The van der Waals surface area contributed by atoms with E-state index in [9.17, 15) is 26.7 Å². The molecule has 0 saturated heterocycles. The molecule has 0 aliphatic rings. The molecule has 0 bridgehead atoms. The molecule has 0 atom stereocenters. The molecule has 0 unspecified atom stereocenters. The molecule has 0 fully saturated rings. The third-order valence-corrected chi connectivity index (χ3v) is 2.81. The molecule has 0 saturated carbocycles. The van der Waals surface area contributed by atoms with Crippen LogP contribution in [0.1, 0.15) is 23.2 Å². The average Bonchev–Trinajstić information content (AvgIpc) is 2.26. The minimum absolute atomic E-state index is 0.511. The van der Waals surface area contributed by atoms with Gasteiger partial charge in [-0.05, 0) is 15.9 Å². The molecule has 0 aliphatic heterocycles. The summed E-state index contributed by atoms with van der Waals surface area (Å²) in [7, 11) is 0.947. The fraction of sp³-hybridized carbons (Fsp3) is 0.400. The van der Waals surface area contributed by atoms with Crippen molar-refractivity contribution in [1.82, 2.24) is 4.98 Å². The van der Waals surface area contributed by atoms with Crippen molar-refractivity contribution in [3.8, 4) is 0 Å². The monoisotopic (exact) mass is 347 g/mol. The predicted octanol–water partition coefficient (Wildman–Crippen LogP) is 3.52. The maximum absolute atomic E-state index is 12.9. The van der Waals surface area contributed by atoms with E-state index >= 15 is 0 Å². The van der Waals surface area contributed by atoms with Crippen molar-refractivity contribution in [2.24, 2.45) is 0 Å². The lowest BCUT2D eigenvalue weighted by Crippen LogP contribution is -2.17. The van der Waals surface area contributed by atoms with Gasteiger partial charge in [0.15, 0.2) is 0 Å². The Balaban J connectivity index is 3.50. The van der Waals surface area contributed by atoms with Crippen LogP contribution in [0.3, 0.4) is 0 Å². The van der Waals surface area contributed by atoms with Gasteiger partial charge in [0.05, 0.1) is 19.1 Å². The number of esters is 1. The van der Waals surface area contributed by atoms with Crippen molar-refractivity contribution < 1.29 is 31.5 Å². The van der Waals surface area contributed by atoms with Crippen LogP contribution in [-0.4, -0.2) is 18.1 Å². The van der Waals surface area contributed by atoms with Crippen molar-refractivity contribution >= 4 is 21.9 Å². The van der Waals surface area contributed by atoms with Crippen molar-refractivity contribution in [2.75, 3.05) is 7.11 Å². The van der Waals surface area contributed by atoms with Crippen LogP contribution in [0.25, 0.3) is 0 Å². The topological polar surface area (TPSA) is 39.2 Å². The summed E-state index contributed by atoms with van der Waals surface area (Å²) in [4.78, 5) is 14.3. The first-order chi connectivity index (χ1) is 8.68. The Hall–Kier alpha value is -1.25. The molecule has 1 aromatic heterocycles. The van der Waals surface area contributed by atoms with Crippen molar-refractivity contribution in [3.63, 3.8) is 0 Å². The smallest absolute Gasteiger partial charge is 0.417 e. The van der Waals surface area contributed by atoms with E-state index in [1.54, 1.807) is 0 Å². The van der Waals surface area contributed by atoms with E-state index in [0.29, 0.717) is 6.20 Å². The number of methoxy groups -OCH3 is 1. The minimum Gasteiger partial charge on any atom is -0.469 e. The number of halogens is 6. The second kappa shape index (κ2) is 5.81. The van der Waals surface area contributed by atoms with Gasteiger partial charge in [-0.3, -0.25) is 9.78 Å². The van der Waals surface area contributed by atoms with Crippen molar-refractivity contribution in [1.29, 1.82) is 0 Å². The maximum atomic E-state index is 12.9. The van der Waals surface area contributed by atoms with E-state index in [0.717, 1.165) is 7.11 Å². The maximum Gasteiger partial charge on any atom is 0.417 e. The molecule has 1 rings (SSSR count). The molecular weight excluding hydrogens is 341 g/mol. The third kappa shape index (κ3) is 3.62. The van der Waals surface area contributed by atoms with Crippen LogP contribution in [0.4, 0.5) is 22.0 Å². The second-order valence-electron chi connectivity index (χ2n) is 3.40. The zero-order chi connectivity index (χ0) is 14.8. The third-order valence-electron chi connectivity index (χ3n) is 2.21. The summed E-state index contributed by atoms with van der Waals surface area (Å²) in [5.74, 6) is -1.06. The Kier molecular flexibility index (Phi) is 4.83. The number of alkyl halides is 5. The number of rotatable bonds is 3. The first kappa shape index (κ1) is 15.8. The summed E-state index contributed by atoms with van der Waals surface area (Å²) >= 11 is 2.60. The van der Waals surface area contributed by atoms with E-state index in [-0.39, 0.29) is 0 Å². The van der Waals surface area contributed by atoms with Gasteiger partial charge < -0.3 is 4.74 Å². The summed E-state index contributed by atoms with van der Waals surface area (Å²) < 4.78 is 67.6. The lowest BCUT2D eigenvalue weighted by molar-refractivity contribution is -0.142. The molecule has 1 aromatic rings. The summed E-state index contributed by atoms with van der Waals surface area (Å²) in [6.45, 7) is 0. The lowest BCUT2D eigenvalue weighted by atomic mass is 10.0. The Labute approximate surface area is 112 Å². The Morgan fingerprint density at radius 1 is 1.47 bits per heavy atom. The summed E-state index contributed by atoms with van der Waals surface area (Å²) in [5, 5.41) is 0. The zero-order valence-electron chi connectivity index (χ0n) is 9.39. The van der Waals surface area contributed by atoms with E-state index in [2.05, 4.69) is 25.7 Å². The lowest BCUT2D eigenvalue weighted by Gasteiger charge is -2.16. The van der Waals surface area contributed by atoms with Crippen molar-refractivity contribution in [2.45, 2.75) is 19.0 Å². The van der Waals surface area contributed by atoms with E-state index in [1.807, 2.05) is 0 Å². The number of carbonyl (C=O) groups excluding carboxylic acids is 1. The minimum atomic E-state index is -4.89. The molecular formula is C10H7BrF5NO2. The van der Waals surface area contributed by atoms with Crippen LogP contribution in [0.15, 0.2) is 10.7 Å². The van der Waals surface area contributed by atoms with Gasteiger partial charge in [-0.25, -0.2) is 8.78 Å². The predicted molar refractivity (Wildman–Crippen MR) is 57.6 cm³/mol. The number of hydrogen-bond donors (Lipinski definition) is 0. The van der Waals surface area contributed by atoms with Crippen LogP contribution >= 0.6 is 15.9 Å². The summed E-state index contributed by atoms with van der Waals surface area (Å²) in [6, 6.07) is 0. The van der Waals surface area contributed by atoms with Gasteiger partial charge in [0, 0.05) is 16.2 Å². The molecule has 0 radical (unpaired) electrons. The Bertz CT molecular complexity index is 490. The standard InChI is InChI=1S/C10H7BrF5NO2/c1-19-6(18)2-4-7(10(14,15)16)5(11)3-17-8(4)9(12)13/h3,9H,2H2,1H3. The highest BCUT2D eigenvalue weighted by atomic mass is 79.9. The average molecular weight is 348 g/mol. The molecule has 19 heavy (non-hydrogen) atoms. The normalized spacial score (nSPS) is 11.8. The highest BCUT2D eigenvalue weighted by Gasteiger charge is 2.39. The molecule has 0 spiro atoms. The van der Waals surface area contributed by atoms with Gasteiger partial charge >= 0.3 is 12.1 Å². The first-order valence-electron chi connectivity index (χ1n) is 4.78. The summed E-state index contributed by atoms with van der Waals surface area (Å²) in [6.07, 6.45) is -8.43. The molecule has 9 heteroatoms. The zero-order valence-corrected chi connectivity index (χ0v) is 11.0. The van der Waals surface area contributed by atoms with Gasteiger partial charge in [0.2, 0.25) is 0 Å². The number of carbonyl (C=O) groups is 1. The molecule has 106 valence electrons. The number of pyridine rings is 1. The SMILES string of the molecule is COC(=O)Cc1c(C(F)F)ncc(Br)c1C(F)(F)F. The van der Waals surface area contributed by atoms with Crippen LogP contribution < -0.4 is 0 Å². The van der Waals surface area contributed by atoms with E-state index in [4.69, 9.17) is 0 Å². The number of ether oxygens (including phenoxy) is 1. The van der Waals surface area contributed by atoms with E-state index in [1.165, 1.54) is 0 Å².